The number of hydrogen-bond acceptors (Lipinski definition) is 2. The van der Waals surface area contributed by atoms with Crippen LogP contribution in [-0.2, 0) is 11.2 Å². The van der Waals surface area contributed by atoms with Crippen LogP contribution in [0.1, 0.15) is 38.7 Å². The monoisotopic (exact) mass is 220 g/mol. The summed E-state index contributed by atoms with van der Waals surface area (Å²) in [5.41, 5.74) is 0.0276. The summed E-state index contributed by atoms with van der Waals surface area (Å²) in [5, 5.41) is 10.0. The van der Waals surface area contributed by atoms with Gasteiger partial charge in [0.05, 0.1) is 0 Å². The normalized spacial score (nSPS) is 11.4. The zero-order valence-electron chi connectivity index (χ0n) is 10.1. The predicted octanol–water partition coefficient (Wildman–Crippen LogP) is 2.74. The molecule has 2 heteroatoms. The van der Waals surface area contributed by atoms with Gasteiger partial charge in [0.2, 0.25) is 0 Å². The lowest BCUT2D eigenvalue weighted by Crippen LogP contribution is -2.37. The standard InChI is InChI=1S/C14H20O2/c1-3-14(16,4-2)13(15)11-10-12-8-6-5-7-9-12/h5-9,16H,3-4,10-11H2,1-2H3. The van der Waals surface area contributed by atoms with Crippen LogP contribution in [0.5, 0.6) is 0 Å². The van der Waals surface area contributed by atoms with E-state index in [1.54, 1.807) is 0 Å². The van der Waals surface area contributed by atoms with Crippen LogP contribution >= 0.6 is 0 Å². The number of Topliss-reactive ketones (excluding diaryl/α,β-unsaturated/α-hetero) is 1. The van der Waals surface area contributed by atoms with Gasteiger partial charge < -0.3 is 5.11 Å². The van der Waals surface area contributed by atoms with E-state index in [0.29, 0.717) is 25.7 Å². The predicted molar refractivity (Wildman–Crippen MR) is 65.3 cm³/mol. The number of hydrogen-bond donors (Lipinski definition) is 1. The molecule has 0 bridgehead atoms. The van der Waals surface area contributed by atoms with E-state index in [4.69, 9.17) is 0 Å². The molecule has 0 spiro atoms. The molecule has 0 aromatic heterocycles. The Hall–Kier alpha value is -1.15. The number of carbonyl (C=O) groups excluding carboxylic acids is 1. The average molecular weight is 220 g/mol. The SMILES string of the molecule is CCC(O)(CC)C(=O)CCc1ccccc1. The maximum absolute atomic E-state index is 11.9. The molecule has 0 radical (unpaired) electrons. The van der Waals surface area contributed by atoms with E-state index in [1.807, 2.05) is 44.2 Å². The van der Waals surface area contributed by atoms with E-state index >= 15 is 0 Å². The van der Waals surface area contributed by atoms with Crippen molar-refractivity contribution in [2.24, 2.45) is 0 Å². The molecule has 2 nitrogen and oxygen atoms in total. The van der Waals surface area contributed by atoms with E-state index < -0.39 is 5.60 Å². The number of ketones is 1. The second-order valence-corrected chi connectivity index (χ2v) is 4.15. The summed E-state index contributed by atoms with van der Waals surface area (Å²) >= 11 is 0. The van der Waals surface area contributed by atoms with Crippen LogP contribution in [0.25, 0.3) is 0 Å². The fourth-order valence-electron chi connectivity index (χ4n) is 1.78. The minimum absolute atomic E-state index is 0.0404. The lowest BCUT2D eigenvalue weighted by atomic mass is 9.89. The van der Waals surface area contributed by atoms with E-state index in [9.17, 15) is 9.90 Å². The first-order valence-corrected chi connectivity index (χ1v) is 5.92. The smallest absolute Gasteiger partial charge is 0.164 e. The summed E-state index contributed by atoms with van der Waals surface area (Å²) in [6, 6.07) is 9.89. The fourth-order valence-corrected chi connectivity index (χ4v) is 1.78. The fraction of sp³-hybridized carbons (Fsp3) is 0.500. The largest absolute Gasteiger partial charge is 0.382 e. The molecule has 0 saturated carbocycles. The Kier molecular flexibility index (Phi) is 4.69. The third kappa shape index (κ3) is 3.17. The van der Waals surface area contributed by atoms with Gasteiger partial charge in [-0.05, 0) is 24.8 Å². The second kappa shape index (κ2) is 5.80. The molecule has 0 aliphatic rings. The number of aryl methyl sites for hydroxylation is 1. The van der Waals surface area contributed by atoms with Crippen LogP contribution < -0.4 is 0 Å². The molecule has 0 atom stereocenters. The van der Waals surface area contributed by atoms with E-state index in [2.05, 4.69) is 0 Å². The third-order valence-electron chi connectivity index (χ3n) is 3.17. The highest BCUT2D eigenvalue weighted by molar-refractivity contribution is 5.87. The molecule has 0 aliphatic heterocycles. The highest BCUT2D eigenvalue weighted by Crippen LogP contribution is 2.18. The number of benzene rings is 1. The lowest BCUT2D eigenvalue weighted by molar-refractivity contribution is -0.138. The molecule has 16 heavy (non-hydrogen) atoms. The van der Waals surface area contributed by atoms with E-state index in [-0.39, 0.29) is 5.78 Å². The summed E-state index contributed by atoms with van der Waals surface area (Å²) in [6.07, 6.45) is 2.12. The van der Waals surface area contributed by atoms with Gasteiger partial charge >= 0.3 is 0 Å². The highest BCUT2D eigenvalue weighted by Gasteiger charge is 2.30. The molecular formula is C14H20O2. The molecule has 1 rings (SSSR count). The third-order valence-corrected chi connectivity index (χ3v) is 3.17. The molecule has 0 amide bonds. The van der Waals surface area contributed by atoms with E-state index in [0.717, 1.165) is 5.56 Å². The van der Waals surface area contributed by atoms with E-state index in [1.165, 1.54) is 0 Å². The first-order valence-electron chi connectivity index (χ1n) is 5.92. The molecule has 1 aromatic rings. The van der Waals surface area contributed by atoms with Crippen molar-refractivity contribution in [2.45, 2.75) is 45.1 Å². The maximum Gasteiger partial charge on any atom is 0.164 e. The molecule has 1 N–H and O–H groups in total. The molecule has 0 aliphatic carbocycles. The molecular weight excluding hydrogens is 200 g/mol. The van der Waals surface area contributed by atoms with Gasteiger partial charge in [-0.25, -0.2) is 0 Å². The number of rotatable bonds is 6. The lowest BCUT2D eigenvalue weighted by Gasteiger charge is -2.23. The first-order chi connectivity index (χ1) is 7.62. The van der Waals surface area contributed by atoms with Crippen LogP contribution in [0.3, 0.4) is 0 Å². The van der Waals surface area contributed by atoms with Crippen molar-refractivity contribution in [3.05, 3.63) is 35.9 Å². The Morgan fingerprint density at radius 2 is 1.75 bits per heavy atom. The van der Waals surface area contributed by atoms with Crippen molar-refractivity contribution in [1.29, 1.82) is 0 Å². The summed E-state index contributed by atoms with van der Waals surface area (Å²) in [5.74, 6) is -0.0404. The minimum atomic E-state index is -1.12. The second-order valence-electron chi connectivity index (χ2n) is 4.15. The Bertz CT molecular complexity index is 326. The van der Waals surface area contributed by atoms with Gasteiger partial charge in [0, 0.05) is 6.42 Å². The quantitative estimate of drug-likeness (QED) is 0.800. The van der Waals surface area contributed by atoms with Gasteiger partial charge in [0.15, 0.2) is 5.78 Å². The van der Waals surface area contributed by atoms with Crippen molar-refractivity contribution in [1.82, 2.24) is 0 Å². The molecule has 0 saturated heterocycles. The number of carbonyl (C=O) groups is 1. The minimum Gasteiger partial charge on any atom is -0.382 e. The molecule has 1 aromatic carbocycles. The number of aliphatic hydroxyl groups is 1. The molecule has 0 heterocycles. The zero-order valence-corrected chi connectivity index (χ0v) is 10.1. The Morgan fingerprint density at radius 3 is 2.25 bits per heavy atom. The van der Waals surface area contributed by atoms with Gasteiger partial charge in [-0.15, -0.1) is 0 Å². The Labute approximate surface area is 97.3 Å². The highest BCUT2D eigenvalue weighted by atomic mass is 16.3. The van der Waals surface area contributed by atoms with Crippen LogP contribution in [0, 0.1) is 0 Å². The molecule has 0 unspecified atom stereocenters. The van der Waals surface area contributed by atoms with Gasteiger partial charge in [0.25, 0.3) is 0 Å². The summed E-state index contributed by atoms with van der Waals surface area (Å²) in [6.45, 7) is 3.70. The van der Waals surface area contributed by atoms with Crippen LogP contribution in [0.2, 0.25) is 0 Å². The summed E-state index contributed by atoms with van der Waals surface area (Å²) in [7, 11) is 0. The molecule has 0 fully saturated rings. The van der Waals surface area contributed by atoms with Crippen molar-refractivity contribution >= 4 is 5.78 Å². The zero-order chi connectivity index (χ0) is 12.0. The molecule has 88 valence electrons. The Morgan fingerprint density at radius 1 is 1.19 bits per heavy atom. The summed E-state index contributed by atoms with van der Waals surface area (Å²) < 4.78 is 0. The van der Waals surface area contributed by atoms with Crippen LogP contribution in [0.4, 0.5) is 0 Å². The topological polar surface area (TPSA) is 37.3 Å². The average Bonchev–Trinajstić information content (AvgIpc) is 2.36. The van der Waals surface area contributed by atoms with Crippen LogP contribution in [-0.4, -0.2) is 16.5 Å². The van der Waals surface area contributed by atoms with Crippen molar-refractivity contribution in [3.8, 4) is 0 Å². The maximum atomic E-state index is 11.9. The first kappa shape index (κ1) is 12.9. The summed E-state index contributed by atoms with van der Waals surface area (Å²) in [4.78, 5) is 11.9. The Balaban J connectivity index is 2.53. The van der Waals surface area contributed by atoms with Crippen LogP contribution in [0.15, 0.2) is 30.3 Å². The van der Waals surface area contributed by atoms with Gasteiger partial charge in [-0.3, -0.25) is 4.79 Å². The van der Waals surface area contributed by atoms with Crippen molar-refractivity contribution < 1.29 is 9.90 Å². The van der Waals surface area contributed by atoms with Crippen molar-refractivity contribution in [3.63, 3.8) is 0 Å². The van der Waals surface area contributed by atoms with Gasteiger partial charge in [-0.1, -0.05) is 44.2 Å². The van der Waals surface area contributed by atoms with Gasteiger partial charge in [0.1, 0.15) is 5.60 Å². The van der Waals surface area contributed by atoms with Gasteiger partial charge in [-0.2, -0.15) is 0 Å². The van der Waals surface area contributed by atoms with Crippen molar-refractivity contribution in [2.75, 3.05) is 0 Å².